The fourth-order valence-corrected chi connectivity index (χ4v) is 1.97. The fourth-order valence-electron chi connectivity index (χ4n) is 1.97. The van der Waals surface area contributed by atoms with E-state index >= 15 is 0 Å². The summed E-state index contributed by atoms with van der Waals surface area (Å²) in [5, 5.41) is 0. The first-order chi connectivity index (χ1) is 6.58. The molecule has 2 rings (SSSR count). The molecule has 1 aliphatic carbocycles. The predicted molar refractivity (Wildman–Crippen MR) is 53.2 cm³/mol. The number of nitrogens with two attached hydrogens (primary N) is 1. The topological polar surface area (TPSA) is 80.9 Å². The number of nitrogens with zero attached hydrogens (tertiary/aromatic N) is 1. The fraction of sp³-hybridized carbons (Fsp3) is 0.556. The van der Waals surface area contributed by atoms with Crippen LogP contribution in [0.15, 0.2) is 15.7 Å². The van der Waals surface area contributed by atoms with Gasteiger partial charge in [0.05, 0.1) is 0 Å². The van der Waals surface area contributed by atoms with E-state index in [-0.39, 0.29) is 11.9 Å². The second-order valence-electron chi connectivity index (χ2n) is 3.96. The van der Waals surface area contributed by atoms with Crippen molar-refractivity contribution in [3.8, 4) is 0 Å². The minimum absolute atomic E-state index is 0.161. The van der Waals surface area contributed by atoms with Crippen molar-refractivity contribution in [3.63, 3.8) is 0 Å². The maximum atomic E-state index is 11.4. The molecule has 0 aliphatic heterocycles. The van der Waals surface area contributed by atoms with Crippen molar-refractivity contribution < 1.29 is 0 Å². The van der Waals surface area contributed by atoms with Gasteiger partial charge in [0.25, 0.3) is 5.56 Å². The van der Waals surface area contributed by atoms with Crippen LogP contribution in [0.25, 0.3) is 0 Å². The molecule has 0 unspecified atom stereocenters. The lowest BCUT2D eigenvalue weighted by atomic mass is 9.81. The number of hydrogen-bond donors (Lipinski definition) is 2. The standard InChI is InChI=1S/C9H13N3O2/c1-5-2-6(3-5)12-7(10)4-8(13)11-9(12)14/h4-6H,2-3,10H2,1H3,(H,11,13,14). The van der Waals surface area contributed by atoms with Crippen molar-refractivity contribution in [2.75, 3.05) is 5.73 Å². The predicted octanol–water partition coefficient (Wildman–Crippen LogP) is 0.0898. The van der Waals surface area contributed by atoms with Gasteiger partial charge in [-0.1, -0.05) is 6.92 Å². The van der Waals surface area contributed by atoms with E-state index in [1.54, 1.807) is 0 Å². The quantitative estimate of drug-likeness (QED) is 0.666. The normalized spacial score (nSPS) is 25.8. The molecule has 0 spiro atoms. The summed E-state index contributed by atoms with van der Waals surface area (Å²) in [5.41, 5.74) is 4.79. The lowest BCUT2D eigenvalue weighted by molar-refractivity contribution is 0.212. The number of nitrogens with one attached hydrogen (secondary N) is 1. The zero-order valence-electron chi connectivity index (χ0n) is 7.99. The van der Waals surface area contributed by atoms with Crippen LogP contribution < -0.4 is 17.0 Å². The molecule has 0 bridgehead atoms. The van der Waals surface area contributed by atoms with Crippen LogP contribution in [0, 0.1) is 5.92 Å². The van der Waals surface area contributed by atoms with Gasteiger partial charge in [0.1, 0.15) is 5.82 Å². The van der Waals surface area contributed by atoms with Crippen molar-refractivity contribution in [2.24, 2.45) is 5.92 Å². The van der Waals surface area contributed by atoms with Crippen LogP contribution in [0.3, 0.4) is 0 Å². The van der Waals surface area contributed by atoms with Crippen molar-refractivity contribution in [2.45, 2.75) is 25.8 Å². The van der Waals surface area contributed by atoms with Crippen LogP contribution in [0.5, 0.6) is 0 Å². The number of aromatic nitrogens is 2. The third-order valence-corrected chi connectivity index (χ3v) is 2.72. The SMILES string of the molecule is CC1CC(n2c(N)cc(=O)[nH]c2=O)C1. The Kier molecular flexibility index (Phi) is 1.94. The van der Waals surface area contributed by atoms with Gasteiger partial charge in [-0.15, -0.1) is 0 Å². The molecule has 0 amide bonds. The number of rotatable bonds is 1. The van der Waals surface area contributed by atoms with Crippen LogP contribution in [0.2, 0.25) is 0 Å². The molecule has 1 aliphatic rings. The highest BCUT2D eigenvalue weighted by molar-refractivity contribution is 5.27. The average Bonchev–Trinajstić information content (AvgIpc) is 1.99. The van der Waals surface area contributed by atoms with Crippen LogP contribution in [-0.4, -0.2) is 9.55 Å². The van der Waals surface area contributed by atoms with Gasteiger partial charge in [-0.05, 0) is 18.8 Å². The number of nitrogen functional groups attached to an aromatic ring is 1. The molecule has 0 aromatic carbocycles. The zero-order valence-corrected chi connectivity index (χ0v) is 7.99. The summed E-state index contributed by atoms with van der Waals surface area (Å²) < 4.78 is 1.47. The van der Waals surface area contributed by atoms with E-state index in [9.17, 15) is 9.59 Å². The van der Waals surface area contributed by atoms with E-state index < -0.39 is 11.2 Å². The Morgan fingerprint density at radius 2 is 2.14 bits per heavy atom. The third-order valence-electron chi connectivity index (χ3n) is 2.72. The largest absolute Gasteiger partial charge is 0.385 e. The highest BCUT2D eigenvalue weighted by atomic mass is 16.2. The Morgan fingerprint density at radius 3 is 2.64 bits per heavy atom. The first-order valence-corrected chi connectivity index (χ1v) is 4.69. The molecule has 5 nitrogen and oxygen atoms in total. The molecule has 76 valence electrons. The smallest absolute Gasteiger partial charge is 0.330 e. The maximum absolute atomic E-state index is 11.4. The minimum atomic E-state index is -0.434. The van der Waals surface area contributed by atoms with Crippen molar-refractivity contribution in [1.29, 1.82) is 0 Å². The van der Waals surface area contributed by atoms with Gasteiger partial charge in [-0.25, -0.2) is 4.79 Å². The molecule has 0 radical (unpaired) electrons. The van der Waals surface area contributed by atoms with E-state index in [2.05, 4.69) is 11.9 Å². The van der Waals surface area contributed by atoms with Crippen LogP contribution >= 0.6 is 0 Å². The minimum Gasteiger partial charge on any atom is -0.385 e. The molecule has 5 heteroatoms. The number of anilines is 1. The number of aromatic amines is 1. The molecular weight excluding hydrogens is 182 g/mol. The monoisotopic (exact) mass is 195 g/mol. The Bertz CT molecular complexity index is 454. The summed E-state index contributed by atoms with van der Waals surface area (Å²) in [6.45, 7) is 2.13. The summed E-state index contributed by atoms with van der Waals surface area (Å²) in [5.74, 6) is 0.897. The van der Waals surface area contributed by atoms with E-state index in [1.807, 2.05) is 0 Å². The van der Waals surface area contributed by atoms with E-state index in [4.69, 9.17) is 5.73 Å². The van der Waals surface area contributed by atoms with Crippen LogP contribution in [-0.2, 0) is 0 Å². The van der Waals surface area contributed by atoms with Gasteiger partial charge in [-0.2, -0.15) is 0 Å². The average molecular weight is 195 g/mol. The van der Waals surface area contributed by atoms with Gasteiger partial charge in [0.15, 0.2) is 0 Å². The Morgan fingerprint density at radius 1 is 1.50 bits per heavy atom. The summed E-state index contributed by atoms with van der Waals surface area (Å²) in [6.07, 6.45) is 1.91. The zero-order chi connectivity index (χ0) is 10.3. The van der Waals surface area contributed by atoms with E-state index in [0.717, 1.165) is 12.8 Å². The molecule has 1 heterocycles. The number of H-pyrrole nitrogens is 1. The Hall–Kier alpha value is -1.52. The summed E-state index contributed by atoms with van der Waals surface area (Å²) >= 11 is 0. The van der Waals surface area contributed by atoms with Gasteiger partial charge in [0.2, 0.25) is 0 Å². The molecule has 1 aromatic rings. The molecule has 1 fully saturated rings. The first-order valence-electron chi connectivity index (χ1n) is 4.69. The van der Waals surface area contributed by atoms with E-state index in [1.165, 1.54) is 10.6 Å². The van der Waals surface area contributed by atoms with Crippen molar-refractivity contribution >= 4 is 5.82 Å². The second kappa shape index (κ2) is 3.01. The van der Waals surface area contributed by atoms with E-state index in [0.29, 0.717) is 5.92 Å². The van der Waals surface area contributed by atoms with Crippen LogP contribution in [0.1, 0.15) is 25.8 Å². The van der Waals surface area contributed by atoms with Crippen LogP contribution in [0.4, 0.5) is 5.82 Å². The molecule has 14 heavy (non-hydrogen) atoms. The van der Waals surface area contributed by atoms with Gasteiger partial charge >= 0.3 is 5.69 Å². The maximum Gasteiger partial charge on any atom is 0.330 e. The van der Waals surface area contributed by atoms with Gasteiger partial charge < -0.3 is 5.73 Å². The Labute approximate surface area is 80.6 Å². The molecule has 0 atom stereocenters. The second-order valence-corrected chi connectivity index (χ2v) is 3.96. The molecule has 0 saturated heterocycles. The number of hydrogen-bond acceptors (Lipinski definition) is 3. The molecule has 1 saturated carbocycles. The third kappa shape index (κ3) is 1.34. The molecular formula is C9H13N3O2. The first kappa shape index (κ1) is 9.05. The highest BCUT2D eigenvalue weighted by Crippen LogP contribution is 2.36. The molecule has 3 N–H and O–H groups in total. The lowest BCUT2D eigenvalue weighted by Crippen LogP contribution is -2.38. The summed E-state index contributed by atoms with van der Waals surface area (Å²) in [7, 11) is 0. The van der Waals surface area contributed by atoms with Crippen molar-refractivity contribution in [1.82, 2.24) is 9.55 Å². The highest BCUT2D eigenvalue weighted by Gasteiger charge is 2.28. The summed E-state index contributed by atoms with van der Waals surface area (Å²) in [4.78, 5) is 24.6. The van der Waals surface area contributed by atoms with Crippen molar-refractivity contribution in [3.05, 3.63) is 26.9 Å². The van der Waals surface area contributed by atoms with Gasteiger partial charge in [-0.3, -0.25) is 14.3 Å². The summed E-state index contributed by atoms with van der Waals surface area (Å²) in [6, 6.07) is 1.42. The Balaban J connectivity index is 2.43. The lowest BCUT2D eigenvalue weighted by Gasteiger charge is -2.34. The van der Waals surface area contributed by atoms with Gasteiger partial charge in [0, 0.05) is 12.1 Å². The molecule has 1 aromatic heterocycles.